The van der Waals surface area contributed by atoms with Crippen LogP contribution in [0.2, 0.25) is 0 Å². The van der Waals surface area contributed by atoms with Crippen LogP contribution < -0.4 is 14.2 Å². The van der Waals surface area contributed by atoms with Gasteiger partial charge in [0.25, 0.3) is 0 Å². The largest absolute Gasteiger partial charge is 0.490 e. The minimum Gasteiger partial charge on any atom is -0.490 e. The van der Waals surface area contributed by atoms with E-state index in [-0.39, 0.29) is 18.9 Å². The van der Waals surface area contributed by atoms with Gasteiger partial charge in [0.15, 0.2) is 11.5 Å². The molecule has 148 valence electrons. The number of ether oxygens (including phenoxy) is 3. The Bertz CT molecular complexity index is 705. The first-order chi connectivity index (χ1) is 12.3. The summed E-state index contributed by atoms with van der Waals surface area (Å²) in [6, 6.07) is 16.1. The lowest BCUT2D eigenvalue weighted by Gasteiger charge is -2.34. The fourth-order valence-corrected chi connectivity index (χ4v) is 3.03. The topological polar surface area (TPSA) is 27.7 Å². The Hall–Kier alpha value is -2.16. The summed E-state index contributed by atoms with van der Waals surface area (Å²) in [5.74, 6) is 3.40. The van der Waals surface area contributed by atoms with Gasteiger partial charge in [-0.15, -0.1) is 0 Å². The van der Waals surface area contributed by atoms with Gasteiger partial charge < -0.3 is 14.2 Å². The van der Waals surface area contributed by atoms with E-state index in [0.29, 0.717) is 18.6 Å². The molecule has 4 rings (SSSR count). The first kappa shape index (κ1) is 21.1. The fourth-order valence-electron chi connectivity index (χ4n) is 3.03. The van der Waals surface area contributed by atoms with Crippen molar-refractivity contribution in [2.24, 2.45) is 11.3 Å². The highest BCUT2D eigenvalue weighted by atomic mass is 16.6. The molecular formula is C24H34O3. The number of fused-ring (bicyclic) bond motifs is 2. The first-order valence-electron chi connectivity index (χ1n) is 9.47. The summed E-state index contributed by atoms with van der Waals surface area (Å²) in [7, 11) is 0. The van der Waals surface area contributed by atoms with Crippen LogP contribution in [0.4, 0.5) is 0 Å². The predicted octanol–water partition coefficient (Wildman–Crippen LogP) is 6.15. The third kappa shape index (κ3) is 5.18. The van der Waals surface area contributed by atoms with Crippen molar-refractivity contribution in [3.63, 3.8) is 0 Å². The smallest absolute Gasteiger partial charge is 0.161 e. The molecule has 2 unspecified atom stereocenters. The van der Waals surface area contributed by atoms with Gasteiger partial charge in [0.05, 0.1) is 0 Å². The van der Waals surface area contributed by atoms with Crippen molar-refractivity contribution in [3.05, 3.63) is 54.1 Å². The molecule has 0 spiro atoms. The molecule has 2 aliphatic heterocycles. The minimum atomic E-state index is 0. The van der Waals surface area contributed by atoms with Crippen molar-refractivity contribution < 1.29 is 14.2 Å². The van der Waals surface area contributed by atoms with Crippen molar-refractivity contribution in [2.45, 2.75) is 60.7 Å². The van der Waals surface area contributed by atoms with Gasteiger partial charge in [-0.2, -0.15) is 0 Å². The zero-order valence-corrected chi connectivity index (χ0v) is 16.5. The molecule has 2 atom stereocenters. The Kier molecular flexibility index (Phi) is 6.80. The van der Waals surface area contributed by atoms with Crippen LogP contribution in [-0.2, 0) is 6.42 Å². The van der Waals surface area contributed by atoms with E-state index < -0.39 is 0 Å². The molecule has 2 aromatic carbocycles. The lowest BCUT2D eigenvalue weighted by molar-refractivity contribution is 0.0163. The molecule has 27 heavy (non-hydrogen) atoms. The molecule has 3 nitrogen and oxygen atoms in total. The van der Waals surface area contributed by atoms with E-state index >= 15 is 0 Å². The van der Waals surface area contributed by atoms with Gasteiger partial charge in [0.1, 0.15) is 24.6 Å². The molecule has 0 fully saturated rings. The van der Waals surface area contributed by atoms with Gasteiger partial charge >= 0.3 is 0 Å². The summed E-state index contributed by atoms with van der Waals surface area (Å²) in [5.41, 5.74) is 1.48. The monoisotopic (exact) mass is 370 g/mol. The number of hydrogen-bond acceptors (Lipinski definition) is 3. The average Bonchev–Trinajstić information content (AvgIpc) is 3.06. The summed E-state index contributed by atoms with van der Waals surface area (Å²) in [6.07, 6.45) is 1.60. The summed E-state index contributed by atoms with van der Waals surface area (Å²) in [6.45, 7) is 11.5. The molecule has 0 N–H and O–H groups in total. The van der Waals surface area contributed by atoms with Gasteiger partial charge in [-0.3, -0.25) is 0 Å². The zero-order chi connectivity index (χ0) is 18.7. The van der Waals surface area contributed by atoms with E-state index in [1.54, 1.807) is 0 Å². The van der Waals surface area contributed by atoms with E-state index in [0.717, 1.165) is 23.7 Å². The Morgan fingerprint density at radius 3 is 2.04 bits per heavy atom. The number of para-hydroxylation sites is 3. The second-order valence-electron chi connectivity index (χ2n) is 8.44. The first-order valence-corrected chi connectivity index (χ1v) is 9.47. The average molecular weight is 371 g/mol. The molecule has 2 aromatic rings. The quantitative estimate of drug-likeness (QED) is 0.602. The molecule has 0 saturated carbocycles. The maximum Gasteiger partial charge on any atom is 0.161 e. The van der Waals surface area contributed by atoms with Crippen LogP contribution in [0.25, 0.3) is 0 Å². The highest BCUT2D eigenvalue weighted by Crippen LogP contribution is 2.35. The van der Waals surface area contributed by atoms with Gasteiger partial charge in [0.2, 0.25) is 0 Å². The molecule has 0 bridgehead atoms. The number of hydrogen-bond donors (Lipinski definition) is 0. The second-order valence-corrected chi connectivity index (χ2v) is 8.44. The Balaban J connectivity index is 0.000000189. The third-order valence-corrected chi connectivity index (χ3v) is 4.89. The molecule has 2 aliphatic rings. The fraction of sp³-hybridized carbons (Fsp3) is 0.500. The zero-order valence-electron chi connectivity index (χ0n) is 16.5. The van der Waals surface area contributed by atoms with E-state index in [9.17, 15) is 0 Å². The standard InChI is InChI=1S/C12H16O2.C11H14O.CH4/c1-12(2,3)11-8-13-9-6-4-5-7-10(9)14-11;1-8(2)11-7-9-5-3-4-6-10(9)12-11;/h4-7,11H,8H2,1-3H3;3-6,8,11H,7H2,1-2H3;1H4. The van der Waals surface area contributed by atoms with Gasteiger partial charge in [0, 0.05) is 11.8 Å². The van der Waals surface area contributed by atoms with E-state index in [1.807, 2.05) is 30.3 Å². The maximum absolute atomic E-state index is 5.87. The second kappa shape index (κ2) is 8.69. The predicted molar refractivity (Wildman–Crippen MR) is 112 cm³/mol. The summed E-state index contributed by atoms with van der Waals surface area (Å²) < 4.78 is 17.3. The molecular weight excluding hydrogens is 336 g/mol. The van der Waals surface area contributed by atoms with E-state index in [2.05, 4.69) is 52.8 Å². The third-order valence-electron chi connectivity index (χ3n) is 4.89. The number of rotatable bonds is 1. The molecule has 0 amide bonds. The van der Waals surface area contributed by atoms with Crippen molar-refractivity contribution in [3.8, 4) is 17.2 Å². The lowest BCUT2D eigenvalue weighted by Crippen LogP contribution is -2.39. The lowest BCUT2D eigenvalue weighted by atomic mass is 9.89. The summed E-state index contributed by atoms with van der Waals surface area (Å²) in [4.78, 5) is 0. The van der Waals surface area contributed by atoms with E-state index in [4.69, 9.17) is 14.2 Å². The Labute approximate surface area is 164 Å². The van der Waals surface area contributed by atoms with Crippen LogP contribution in [-0.4, -0.2) is 18.8 Å². The van der Waals surface area contributed by atoms with Crippen LogP contribution in [0.15, 0.2) is 48.5 Å². The Morgan fingerprint density at radius 1 is 0.852 bits per heavy atom. The van der Waals surface area contributed by atoms with Gasteiger partial charge in [-0.25, -0.2) is 0 Å². The van der Waals surface area contributed by atoms with Crippen LogP contribution in [0.5, 0.6) is 17.2 Å². The molecule has 2 heterocycles. The van der Waals surface area contributed by atoms with Gasteiger partial charge in [-0.1, -0.05) is 72.4 Å². The number of benzene rings is 2. The van der Waals surface area contributed by atoms with Crippen LogP contribution in [0, 0.1) is 11.3 Å². The van der Waals surface area contributed by atoms with Crippen LogP contribution in [0.1, 0.15) is 47.6 Å². The molecule has 0 radical (unpaired) electrons. The highest BCUT2D eigenvalue weighted by Gasteiger charge is 2.31. The summed E-state index contributed by atoms with van der Waals surface area (Å²) in [5, 5.41) is 0. The molecule has 3 heteroatoms. The van der Waals surface area contributed by atoms with E-state index in [1.165, 1.54) is 5.56 Å². The highest BCUT2D eigenvalue weighted by molar-refractivity contribution is 5.41. The van der Waals surface area contributed by atoms with Crippen molar-refractivity contribution in [2.75, 3.05) is 6.61 Å². The van der Waals surface area contributed by atoms with Crippen LogP contribution >= 0.6 is 0 Å². The SMILES string of the molecule is C.CC(C)(C)C1COc2ccccc2O1.CC(C)C1Cc2ccccc2O1. The molecule has 0 saturated heterocycles. The molecule has 0 aliphatic carbocycles. The Morgan fingerprint density at radius 2 is 1.44 bits per heavy atom. The summed E-state index contributed by atoms with van der Waals surface area (Å²) >= 11 is 0. The van der Waals surface area contributed by atoms with Crippen molar-refractivity contribution >= 4 is 0 Å². The van der Waals surface area contributed by atoms with Crippen molar-refractivity contribution in [1.82, 2.24) is 0 Å². The van der Waals surface area contributed by atoms with Crippen molar-refractivity contribution in [1.29, 1.82) is 0 Å². The normalized spacial score (nSPS) is 19.9. The maximum atomic E-state index is 5.87. The minimum absolute atomic E-state index is 0. The van der Waals surface area contributed by atoms with Gasteiger partial charge in [-0.05, 0) is 29.7 Å². The van der Waals surface area contributed by atoms with Crippen LogP contribution in [0.3, 0.4) is 0 Å². The molecule has 0 aromatic heterocycles.